The summed E-state index contributed by atoms with van der Waals surface area (Å²) in [5, 5.41) is 2.48. The van der Waals surface area contributed by atoms with Crippen molar-refractivity contribution in [1.29, 1.82) is 0 Å². The minimum absolute atomic E-state index is 0.226. The van der Waals surface area contributed by atoms with Gasteiger partial charge >= 0.3 is 6.18 Å². The third-order valence-corrected chi connectivity index (χ3v) is 5.34. The Morgan fingerprint density at radius 1 is 1.07 bits per heavy atom. The van der Waals surface area contributed by atoms with Crippen molar-refractivity contribution in [3.05, 3.63) is 65.2 Å². The van der Waals surface area contributed by atoms with Crippen LogP contribution in [0.3, 0.4) is 0 Å². The lowest BCUT2D eigenvalue weighted by atomic mass is 10.0. The number of carbonyl (C=O) groups excluding carboxylic acids is 1. The molecular formula is C19H20F3NO3S. The average molecular weight is 399 g/mol. The molecule has 0 spiro atoms. The topological polar surface area (TPSA) is 63.2 Å². The highest BCUT2D eigenvalue weighted by atomic mass is 32.2. The second-order valence-corrected chi connectivity index (χ2v) is 8.58. The van der Waals surface area contributed by atoms with Crippen LogP contribution in [0.4, 0.5) is 18.9 Å². The molecule has 2 aromatic rings. The number of hydrogen-bond donors (Lipinski definition) is 1. The number of alkyl halides is 3. The second kappa shape index (κ2) is 8.12. The lowest BCUT2D eigenvalue weighted by Crippen LogP contribution is -2.24. The third kappa shape index (κ3) is 6.09. The molecule has 0 aromatic heterocycles. The fourth-order valence-corrected chi connectivity index (χ4v) is 3.88. The van der Waals surface area contributed by atoms with E-state index in [0.29, 0.717) is 5.69 Å². The molecule has 0 radical (unpaired) electrons. The quantitative estimate of drug-likeness (QED) is 0.784. The van der Waals surface area contributed by atoms with Crippen molar-refractivity contribution < 1.29 is 26.4 Å². The SMILES string of the molecule is CC(C)c1cccc(NC(=O)CS(=O)(=O)Cc2ccccc2C(F)(F)F)c1. The fourth-order valence-electron chi connectivity index (χ4n) is 2.58. The Morgan fingerprint density at radius 3 is 2.37 bits per heavy atom. The molecule has 0 aliphatic carbocycles. The molecule has 27 heavy (non-hydrogen) atoms. The number of nitrogens with one attached hydrogen (secondary N) is 1. The van der Waals surface area contributed by atoms with Crippen LogP contribution >= 0.6 is 0 Å². The van der Waals surface area contributed by atoms with E-state index in [1.165, 1.54) is 12.1 Å². The highest BCUT2D eigenvalue weighted by Crippen LogP contribution is 2.32. The Labute approximate surface area is 156 Å². The van der Waals surface area contributed by atoms with E-state index in [0.717, 1.165) is 17.7 Å². The largest absolute Gasteiger partial charge is 0.416 e. The van der Waals surface area contributed by atoms with Crippen molar-refractivity contribution in [2.45, 2.75) is 31.7 Å². The standard InChI is InChI=1S/C19H20F3NO3S/c1-13(2)14-7-5-8-16(10-14)23-18(24)12-27(25,26)11-15-6-3-4-9-17(15)19(20,21)22/h3-10,13H,11-12H2,1-2H3,(H,23,24). The molecule has 0 saturated heterocycles. The number of sulfone groups is 1. The maximum absolute atomic E-state index is 13.0. The van der Waals surface area contributed by atoms with Crippen molar-refractivity contribution >= 4 is 21.4 Å². The van der Waals surface area contributed by atoms with E-state index in [1.807, 2.05) is 19.9 Å². The summed E-state index contributed by atoms with van der Waals surface area (Å²) in [6.45, 7) is 3.95. The smallest absolute Gasteiger partial charge is 0.325 e. The van der Waals surface area contributed by atoms with E-state index >= 15 is 0 Å². The summed E-state index contributed by atoms with van der Waals surface area (Å²) in [7, 11) is -4.08. The molecule has 0 unspecified atom stereocenters. The second-order valence-electron chi connectivity index (χ2n) is 6.52. The highest BCUT2D eigenvalue weighted by Gasteiger charge is 2.34. The Bertz CT molecular complexity index is 922. The molecule has 1 amide bonds. The Hall–Kier alpha value is -2.35. The van der Waals surface area contributed by atoms with Crippen LogP contribution in [0.5, 0.6) is 0 Å². The first-order valence-corrected chi connectivity index (χ1v) is 10.1. The van der Waals surface area contributed by atoms with Gasteiger partial charge in [0, 0.05) is 5.69 Å². The van der Waals surface area contributed by atoms with Gasteiger partial charge in [-0.15, -0.1) is 0 Å². The molecule has 0 fully saturated rings. The summed E-state index contributed by atoms with van der Waals surface area (Å²) in [5.74, 6) is -2.32. The van der Waals surface area contributed by atoms with Gasteiger partial charge in [0.15, 0.2) is 9.84 Å². The molecule has 0 saturated carbocycles. The number of amides is 1. The first-order chi connectivity index (χ1) is 12.5. The van der Waals surface area contributed by atoms with E-state index < -0.39 is 39.0 Å². The number of carbonyl (C=O) groups is 1. The van der Waals surface area contributed by atoms with Crippen LogP contribution in [0.15, 0.2) is 48.5 Å². The lowest BCUT2D eigenvalue weighted by Gasteiger charge is -2.13. The van der Waals surface area contributed by atoms with Gasteiger partial charge in [0.2, 0.25) is 5.91 Å². The van der Waals surface area contributed by atoms with Gasteiger partial charge < -0.3 is 5.32 Å². The van der Waals surface area contributed by atoms with Crippen molar-refractivity contribution in [3.63, 3.8) is 0 Å². The fraction of sp³-hybridized carbons (Fsp3) is 0.316. The van der Waals surface area contributed by atoms with E-state index in [9.17, 15) is 26.4 Å². The summed E-state index contributed by atoms with van der Waals surface area (Å²) in [4.78, 5) is 12.1. The van der Waals surface area contributed by atoms with Gasteiger partial charge in [-0.3, -0.25) is 4.79 Å². The van der Waals surface area contributed by atoms with Crippen LogP contribution in [-0.4, -0.2) is 20.1 Å². The summed E-state index contributed by atoms with van der Waals surface area (Å²) in [6.07, 6.45) is -4.66. The molecule has 0 bridgehead atoms. The van der Waals surface area contributed by atoms with Gasteiger partial charge in [-0.1, -0.05) is 44.2 Å². The zero-order chi connectivity index (χ0) is 20.2. The molecule has 2 rings (SSSR count). The monoisotopic (exact) mass is 399 g/mol. The molecule has 4 nitrogen and oxygen atoms in total. The van der Waals surface area contributed by atoms with Gasteiger partial charge in [0.25, 0.3) is 0 Å². The summed E-state index contributed by atoms with van der Waals surface area (Å²) < 4.78 is 63.5. The minimum atomic E-state index is -4.66. The summed E-state index contributed by atoms with van der Waals surface area (Å²) in [6, 6.07) is 11.4. The van der Waals surface area contributed by atoms with Crippen LogP contribution in [0.2, 0.25) is 0 Å². The van der Waals surface area contributed by atoms with Crippen LogP contribution in [0, 0.1) is 0 Å². The molecule has 0 heterocycles. The maximum Gasteiger partial charge on any atom is 0.416 e. The molecular weight excluding hydrogens is 379 g/mol. The zero-order valence-electron chi connectivity index (χ0n) is 14.9. The van der Waals surface area contributed by atoms with E-state index in [-0.39, 0.29) is 11.5 Å². The summed E-state index contributed by atoms with van der Waals surface area (Å²) in [5.41, 5.74) is 0.0186. The molecule has 8 heteroatoms. The Kier molecular flexibility index (Phi) is 6.30. The van der Waals surface area contributed by atoms with Crippen LogP contribution in [0.1, 0.15) is 36.5 Å². The van der Waals surface area contributed by atoms with E-state index in [1.54, 1.807) is 18.2 Å². The highest BCUT2D eigenvalue weighted by molar-refractivity contribution is 7.91. The zero-order valence-corrected chi connectivity index (χ0v) is 15.7. The average Bonchev–Trinajstić information content (AvgIpc) is 2.53. The number of benzene rings is 2. The predicted molar refractivity (Wildman–Crippen MR) is 98.1 cm³/mol. The van der Waals surface area contributed by atoms with Crippen molar-refractivity contribution in [3.8, 4) is 0 Å². The summed E-state index contributed by atoms with van der Waals surface area (Å²) >= 11 is 0. The van der Waals surface area contributed by atoms with Gasteiger partial charge in [-0.2, -0.15) is 13.2 Å². The first kappa shape index (κ1) is 21.0. The van der Waals surface area contributed by atoms with Gasteiger partial charge in [-0.05, 0) is 35.2 Å². The van der Waals surface area contributed by atoms with Crippen molar-refractivity contribution in [2.24, 2.45) is 0 Å². The number of anilines is 1. The Balaban J connectivity index is 2.11. The number of hydrogen-bond acceptors (Lipinski definition) is 3. The minimum Gasteiger partial charge on any atom is -0.325 e. The van der Waals surface area contributed by atoms with Crippen LogP contribution < -0.4 is 5.32 Å². The van der Waals surface area contributed by atoms with Crippen LogP contribution in [0.25, 0.3) is 0 Å². The van der Waals surface area contributed by atoms with E-state index in [4.69, 9.17) is 0 Å². The van der Waals surface area contributed by atoms with Gasteiger partial charge in [0.05, 0.1) is 11.3 Å². The normalized spacial score (nSPS) is 12.2. The molecule has 0 atom stereocenters. The number of rotatable bonds is 6. The molecule has 0 aliphatic heterocycles. The molecule has 146 valence electrons. The van der Waals surface area contributed by atoms with Crippen LogP contribution in [-0.2, 0) is 26.6 Å². The molecule has 0 aliphatic rings. The lowest BCUT2D eigenvalue weighted by molar-refractivity contribution is -0.138. The molecule has 1 N–H and O–H groups in total. The number of halogens is 3. The molecule has 2 aromatic carbocycles. The van der Waals surface area contributed by atoms with E-state index in [2.05, 4.69) is 5.32 Å². The Morgan fingerprint density at radius 2 is 1.74 bits per heavy atom. The van der Waals surface area contributed by atoms with Crippen molar-refractivity contribution in [2.75, 3.05) is 11.1 Å². The van der Waals surface area contributed by atoms with Crippen molar-refractivity contribution in [1.82, 2.24) is 0 Å². The third-order valence-electron chi connectivity index (χ3n) is 3.89. The maximum atomic E-state index is 13.0. The predicted octanol–water partition coefficient (Wildman–Crippen LogP) is 4.38. The first-order valence-electron chi connectivity index (χ1n) is 8.23. The van der Waals surface area contributed by atoms with Gasteiger partial charge in [-0.25, -0.2) is 8.42 Å². The van der Waals surface area contributed by atoms with Gasteiger partial charge in [0.1, 0.15) is 5.75 Å².